The van der Waals surface area contributed by atoms with E-state index in [0.29, 0.717) is 35.0 Å². The Hall–Kier alpha value is -4.33. The van der Waals surface area contributed by atoms with Crippen LogP contribution in [-0.2, 0) is 16.1 Å². The first-order chi connectivity index (χ1) is 17.5. The van der Waals surface area contributed by atoms with E-state index in [-0.39, 0.29) is 17.9 Å². The number of aliphatic hydroxyl groups excluding tert-OH is 1. The van der Waals surface area contributed by atoms with Gasteiger partial charge < -0.3 is 24.2 Å². The normalized spacial score (nSPS) is 16.8. The zero-order valence-corrected chi connectivity index (χ0v) is 20.4. The minimum Gasteiger partial charge on any atom is -0.507 e. The van der Waals surface area contributed by atoms with Crippen molar-refractivity contribution in [3.63, 3.8) is 0 Å². The molecule has 0 bridgehead atoms. The van der Waals surface area contributed by atoms with Crippen LogP contribution in [-0.4, -0.2) is 47.5 Å². The summed E-state index contributed by atoms with van der Waals surface area (Å²) in [5.41, 5.74) is 1.62. The Morgan fingerprint density at radius 2 is 1.81 bits per heavy atom. The second-order valence-corrected chi connectivity index (χ2v) is 8.24. The lowest BCUT2D eigenvalue weighted by Gasteiger charge is -2.27. The van der Waals surface area contributed by atoms with Gasteiger partial charge in [-0.2, -0.15) is 0 Å². The fraction of sp³-hybridized carbons (Fsp3) is 0.250. The molecule has 0 unspecified atom stereocenters. The number of para-hydroxylation sites is 1. The Labute approximate surface area is 209 Å². The maximum atomic E-state index is 13.3. The molecule has 1 fully saturated rings. The van der Waals surface area contributed by atoms with Gasteiger partial charge in [0.05, 0.1) is 32.4 Å². The van der Waals surface area contributed by atoms with Gasteiger partial charge in [-0.1, -0.05) is 25.1 Å². The highest BCUT2D eigenvalue weighted by molar-refractivity contribution is 6.46. The largest absolute Gasteiger partial charge is 0.507 e. The molecule has 0 spiro atoms. The van der Waals surface area contributed by atoms with E-state index >= 15 is 0 Å². The SMILES string of the molecule is CCCOc1ccc(/C(O)=C2\C(=O)C(=O)N(Cc3cccnc3)[C@@H]2c2cccc(OC)c2OC)cc1. The monoisotopic (exact) mass is 488 g/mol. The Balaban J connectivity index is 1.86. The molecule has 0 radical (unpaired) electrons. The topological polar surface area (TPSA) is 98.2 Å². The zero-order chi connectivity index (χ0) is 25.7. The Kier molecular flexibility index (Phi) is 7.53. The van der Waals surface area contributed by atoms with Crippen LogP contribution < -0.4 is 14.2 Å². The third kappa shape index (κ3) is 4.75. The Bertz CT molecular complexity index is 1270. The molecule has 4 rings (SSSR count). The number of rotatable bonds is 9. The smallest absolute Gasteiger partial charge is 0.295 e. The van der Waals surface area contributed by atoms with Crippen molar-refractivity contribution in [1.82, 2.24) is 9.88 Å². The number of ketones is 1. The van der Waals surface area contributed by atoms with Crippen LogP contribution >= 0.6 is 0 Å². The van der Waals surface area contributed by atoms with Crippen molar-refractivity contribution in [3.05, 3.63) is 89.3 Å². The van der Waals surface area contributed by atoms with Crippen LogP contribution in [0.3, 0.4) is 0 Å². The fourth-order valence-electron chi connectivity index (χ4n) is 4.27. The van der Waals surface area contributed by atoms with Crippen molar-refractivity contribution in [1.29, 1.82) is 0 Å². The number of aliphatic hydroxyl groups is 1. The van der Waals surface area contributed by atoms with Crippen LogP contribution in [0.25, 0.3) is 5.76 Å². The second-order valence-electron chi connectivity index (χ2n) is 8.24. The van der Waals surface area contributed by atoms with Crippen molar-refractivity contribution in [2.75, 3.05) is 20.8 Å². The minimum atomic E-state index is -0.911. The van der Waals surface area contributed by atoms with E-state index in [1.807, 2.05) is 13.0 Å². The fourth-order valence-corrected chi connectivity index (χ4v) is 4.27. The van der Waals surface area contributed by atoms with Crippen LogP contribution in [0.2, 0.25) is 0 Å². The summed E-state index contributed by atoms with van der Waals surface area (Å²) in [6, 6.07) is 14.7. The number of aromatic nitrogens is 1. The zero-order valence-electron chi connectivity index (χ0n) is 20.4. The molecule has 1 aliphatic heterocycles. The number of methoxy groups -OCH3 is 2. The molecule has 8 heteroatoms. The van der Waals surface area contributed by atoms with Gasteiger partial charge in [0.1, 0.15) is 11.5 Å². The van der Waals surface area contributed by atoms with Crippen molar-refractivity contribution in [2.24, 2.45) is 0 Å². The van der Waals surface area contributed by atoms with E-state index < -0.39 is 17.7 Å². The molecule has 2 heterocycles. The van der Waals surface area contributed by atoms with E-state index in [9.17, 15) is 14.7 Å². The van der Waals surface area contributed by atoms with Gasteiger partial charge >= 0.3 is 0 Å². The lowest BCUT2D eigenvalue weighted by molar-refractivity contribution is -0.140. The van der Waals surface area contributed by atoms with E-state index in [2.05, 4.69) is 4.98 Å². The predicted molar refractivity (Wildman–Crippen MR) is 134 cm³/mol. The first-order valence-electron chi connectivity index (χ1n) is 11.6. The highest BCUT2D eigenvalue weighted by Gasteiger charge is 2.47. The Morgan fingerprint density at radius 1 is 1.03 bits per heavy atom. The molecule has 1 atom stereocenters. The molecule has 1 saturated heterocycles. The van der Waals surface area contributed by atoms with Gasteiger partial charge in [-0.15, -0.1) is 0 Å². The Morgan fingerprint density at radius 3 is 2.44 bits per heavy atom. The third-order valence-electron chi connectivity index (χ3n) is 5.94. The maximum absolute atomic E-state index is 13.3. The quantitative estimate of drug-likeness (QED) is 0.269. The summed E-state index contributed by atoms with van der Waals surface area (Å²) in [5.74, 6) is -0.317. The van der Waals surface area contributed by atoms with E-state index in [1.165, 1.54) is 19.1 Å². The van der Waals surface area contributed by atoms with E-state index in [1.54, 1.807) is 60.9 Å². The minimum absolute atomic E-state index is 0.0299. The first-order valence-corrected chi connectivity index (χ1v) is 11.6. The van der Waals surface area contributed by atoms with Crippen LogP contribution in [0.5, 0.6) is 17.2 Å². The molecule has 36 heavy (non-hydrogen) atoms. The average molecular weight is 489 g/mol. The molecule has 1 aromatic heterocycles. The number of likely N-dealkylation sites (tertiary alicyclic amines) is 1. The summed E-state index contributed by atoms with van der Waals surface area (Å²) in [7, 11) is 3.00. The maximum Gasteiger partial charge on any atom is 0.295 e. The van der Waals surface area contributed by atoms with Gasteiger partial charge in [-0.3, -0.25) is 14.6 Å². The summed E-state index contributed by atoms with van der Waals surface area (Å²) in [5, 5.41) is 11.3. The molecule has 1 N–H and O–H groups in total. The lowest BCUT2D eigenvalue weighted by atomic mass is 9.94. The third-order valence-corrected chi connectivity index (χ3v) is 5.94. The summed E-state index contributed by atoms with van der Waals surface area (Å²) < 4.78 is 16.7. The highest BCUT2D eigenvalue weighted by atomic mass is 16.5. The van der Waals surface area contributed by atoms with Gasteiger partial charge in [-0.25, -0.2) is 0 Å². The molecule has 3 aromatic rings. The number of pyridine rings is 1. The van der Waals surface area contributed by atoms with Gasteiger partial charge in [0.25, 0.3) is 11.7 Å². The number of Topliss-reactive ketones (excluding diaryl/α,β-unsaturated/α-hetero) is 1. The van der Waals surface area contributed by atoms with Gasteiger partial charge in [-0.05, 0) is 48.4 Å². The number of hydrogen-bond acceptors (Lipinski definition) is 7. The molecular weight excluding hydrogens is 460 g/mol. The van der Waals surface area contributed by atoms with Gasteiger partial charge in [0.15, 0.2) is 11.5 Å². The number of carbonyl (C=O) groups is 2. The van der Waals surface area contributed by atoms with Crippen molar-refractivity contribution in [3.8, 4) is 17.2 Å². The average Bonchev–Trinajstić information content (AvgIpc) is 3.16. The molecule has 186 valence electrons. The molecule has 1 aliphatic rings. The van der Waals surface area contributed by atoms with Crippen molar-refractivity contribution >= 4 is 17.4 Å². The van der Waals surface area contributed by atoms with Crippen molar-refractivity contribution < 1.29 is 28.9 Å². The number of ether oxygens (including phenoxy) is 3. The van der Waals surface area contributed by atoms with Crippen LogP contribution in [0.15, 0.2) is 72.6 Å². The first kappa shape index (κ1) is 24.8. The molecule has 0 saturated carbocycles. The van der Waals surface area contributed by atoms with Crippen LogP contribution in [0.4, 0.5) is 0 Å². The second kappa shape index (κ2) is 10.9. The van der Waals surface area contributed by atoms with Gasteiger partial charge in [0.2, 0.25) is 0 Å². The number of amides is 1. The summed E-state index contributed by atoms with van der Waals surface area (Å²) in [4.78, 5) is 32.2. The molecule has 1 amide bonds. The van der Waals surface area contributed by atoms with Crippen LogP contribution in [0.1, 0.15) is 36.1 Å². The predicted octanol–water partition coefficient (Wildman–Crippen LogP) is 4.51. The van der Waals surface area contributed by atoms with Gasteiger partial charge in [0, 0.05) is 30.1 Å². The lowest BCUT2D eigenvalue weighted by Crippen LogP contribution is -2.29. The number of carbonyl (C=O) groups excluding carboxylic acids is 2. The van der Waals surface area contributed by atoms with Crippen LogP contribution in [0, 0.1) is 0 Å². The molecule has 2 aromatic carbocycles. The van der Waals surface area contributed by atoms with E-state index in [4.69, 9.17) is 14.2 Å². The molecule has 8 nitrogen and oxygen atoms in total. The standard InChI is InChI=1S/C28H28N2O6/c1-4-15-36-20-12-10-19(11-13-20)25(31)23-24(21-8-5-9-22(34-2)27(21)35-3)30(28(33)26(23)32)17-18-7-6-14-29-16-18/h5-14,16,24,31H,4,15,17H2,1-3H3/b25-23+/t24-/m1/s1. The number of nitrogens with zero attached hydrogens (tertiary/aromatic N) is 2. The summed E-state index contributed by atoms with van der Waals surface area (Å²) in [6.45, 7) is 2.70. The number of hydrogen-bond donors (Lipinski definition) is 1. The number of benzene rings is 2. The summed E-state index contributed by atoms with van der Waals surface area (Å²) >= 11 is 0. The molecule has 0 aliphatic carbocycles. The highest BCUT2D eigenvalue weighted by Crippen LogP contribution is 2.46. The van der Waals surface area contributed by atoms with E-state index in [0.717, 1.165) is 12.0 Å². The summed E-state index contributed by atoms with van der Waals surface area (Å²) in [6.07, 6.45) is 4.13. The van der Waals surface area contributed by atoms with Crippen molar-refractivity contribution in [2.45, 2.75) is 25.9 Å². The molecular formula is C28H28N2O6.